The van der Waals surface area contributed by atoms with Crippen LogP contribution in [0.2, 0.25) is 5.02 Å². The van der Waals surface area contributed by atoms with Crippen LogP contribution in [0.4, 0.5) is 5.69 Å². The van der Waals surface area contributed by atoms with E-state index >= 15 is 0 Å². The lowest BCUT2D eigenvalue weighted by atomic mass is 10.1. The molecule has 0 saturated carbocycles. The lowest BCUT2D eigenvalue weighted by Crippen LogP contribution is -2.40. The Labute approximate surface area is 230 Å². The Balaban J connectivity index is 1.44. The van der Waals surface area contributed by atoms with Crippen LogP contribution < -0.4 is 20.7 Å². The molecule has 2 amide bonds. The first-order valence-electron chi connectivity index (χ1n) is 11.5. The van der Waals surface area contributed by atoms with Crippen LogP contribution in [0.3, 0.4) is 0 Å². The van der Waals surface area contributed by atoms with Gasteiger partial charge >= 0.3 is 0 Å². The number of carbonyl (C=O) groups is 2. The smallest absolute Gasteiger partial charge is 0.263 e. The molecule has 9 heteroatoms. The van der Waals surface area contributed by atoms with Crippen molar-refractivity contribution in [3.63, 3.8) is 0 Å². The second-order valence-corrected chi connectivity index (χ2v) is 11.1. The largest absolute Gasteiger partial charge is 0.489 e. The van der Waals surface area contributed by atoms with E-state index in [0.29, 0.717) is 33.5 Å². The molecular formula is C28H26ClN3O3S2. The van der Waals surface area contributed by atoms with E-state index in [1.807, 2.05) is 69.3 Å². The van der Waals surface area contributed by atoms with Crippen LogP contribution in [0.25, 0.3) is 10.1 Å². The third-order valence-electron chi connectivity index (χ3n) is 5.17. The highest BCUT2D eigenvalue weighted by molar-refractivity contribution is 7.80. The van der Waals surface area contributed by atoms with Gasteiger partial charge in [0.1, 0.15) is 17.2 Å². The molecule has 1 heterocycles. The van der Waals surface area contributed by atoms with Gasteiger partial charge in [-0.2, -0.15) is 0 Å². The number of rotatable bonds is 6. The summed E-state index contributed by atoms with van der Waals surface area (Å²) in [6, 6.07) is 22.2. The summed E-state index contributed by atoms with van der Waals surface area (Å²) in [5.41, 5.74) is 1.69. The quantitative estimate of drug-likeness (QED) is 0.230. The van der Waals surface area contributed by atoms with Gasteiger partial charge in [-0.3, -0.25) is 14.9 Å². The number of thiocarbonyl (C=S) groups is 1. The highest BCUT2D eigenvalue weighted by Crippen LogP contribution is 2.39. The maximum atomic E-state index is 12.9. The summed E-state index contributed by atoms with van der Waals surface area (Å²) < 4.78 is 6.59. The van der Waals surface area contributed by atoms with Gasteiger partial charge in [-0.15, -0.1) is 11.3 Å². The Kier molecular flexibility index (Phi) is 8.12. The van der Waals surface area contributed by atoms with Gasteiger partial charge in [0.2, 0.25) is 0 Å². The van der Waals surface area contributed by atoms with Crippen molar-refractivity contribution in [3.8, 4) is 5.75 Å². The second-order valence-electron chi connectivity index (χ2n) is 9.34. The molecule has 4 rings (SSSR count). The first-order valence-corrected chi connectivity index (χ1v) is 13.1. The van der Waals surface area contributed by atoms with Crippen LogP contribution in [0.1, 0.15) is 46.4 Å². The van der Waals surface area contributed by atoms with Gasteiger partial charge in [0, 0.05) is 16.5 Å². The number of ether oxygens (including phenoxy) is 1. The number of carbonyl (C=O) groups excluding carboxylic acids is 2. The highest BCUT2D eigenvalue weighted by Gasteiger charge is 2.22. The van der Waals surface area contributed by atoms with Gasteiger partial charge < -0.3 is 15.4 Å². The maximum absolute atomic E-state index is 12.9. The van der Waals surface area contributed by atoms with E-state index in [4.69, 9.17) is 28.6 Å². The van der Waals surface area contributed by atoms with Crippen molar-refractivity contribution in [2.24, 2.45) is 0 Å². The maximum Gasteiger partial charge on any atom is 0.263 e. The average molecular weight is 552 g/mol. The Morgan fingerprint density at radius 2 is 1.70 bits per heavy atom. The SMILES string of the molecule is CC(C)(C)NC(=O)c1sc2c(NC(=S)NC(=O)c3cccc(OCc4ccccc4)c3)cccc2c1Cl. The van der Waals surface area contributed by atoms with Crippen LogP contribution in [0, 0.1) is 0 Å². The highest BCUT2D eigenvalue weighted by atomic mass is 35.5. The molecule has 0 atom stereocenters. The van der Waals surface area contributed by atoms with Crippen molar-refractivity contribution < 1.29 is 14.3 Å². The standard InChI is InChI=1S/C28H26ClN3O3S2/c1-28(2,3)32-26(34)24-22(29)20-13-8-14-21(23(20)37-24)30-27(36)31-25(33)18-11-7-12-19(15-18)35-16-17-9-5-4-6-10-17/h4-15H,16H2,1-3H3,(H,32,34)(H2,30,31,33,36). The molecule has 1 aromatic heterocycles. The zero-order valence-corrected chi connectivity index (χ0v) is 22.9. The number of hydrogen-bond acceptors (Lipinski definition) is 5. The molecule has 0 spiro atoms. The number of anilines is 1. The van der Waals surface area contributed by atoms with E-state index in [0.717, 1.165) is 15.6 Å². The number of thiophene rings is 1. The molecule has 0 unspecified atom stereocenters. The van der Waals surface area contributed by atoms with Gasteiger partial charge in [-0.25, -0.2) is 0 Å². The first-order chi connectivity index (χ1) is 17.6. The van der Waals surface area contributed by atoms with E-state index in [1.54, 1.807) is 24.3 Å². The van der Waals surface area contributed by atoms with Crippen LogP contribution >= 0.6 is 35.2 Å². The van der Waals surface area contributed by atoms with Crippen molar-refractivity contribution >= 4 is 67.9 Å². The van der Waals surface area contributed by atoms with Crippen molar-refractivity contribution in [2.45, 2.75) is 32.9 Å². The summed E-state index contributed by atoms with van der Waals surface area (Å²) in [4.78, 5) is 26.0. The van der Waals surface area contributed by atoms with E-state index in [9.17, 15) is 9.59 Å². The Morgan fingerprint density at radius 3 is 2.43 bits per heavy atom. The van der Waals surface area contributed by atoms with E-state index in [1.165, 1.54) is 11.3 Å². The molecule has 0 radical (unpaired) electrons. The Bertz CT molecular complexity index is 1460. The van der Waals surface area contributed by atoms with Crippen molar-refractivity contribution in [1.29, 1.82) is 0 Å². The normalized spacial score (nSPS) is 11.1. The molecule has 0 aliphatic carbocycles. The number of amides is 2. The number of nitrogens with one attached hydrogen (secondary N) is 3. The second kappa shape index (κ2) is 11.3. The predicted molar refractivity (Wildman–Crippen MR) is 155 cm³/mol. The van der Waals surface area contributed by atoms with Crippen LogP contribution in [-0.4, -0.2) is 22.5 Å². The summed E-state index contributed by atoms with van der Waals surface area (Å²) in [7, 11) is 0. The van der Waals surface area contributed by atoms with Gasteiger partial charge in [-0.1, -0.05) is 60.1 Å². The number of fused-ring (bicyclic) bond motifs is 1. The zero-order chi connectivity index (χ0) is 26.6. The van der Waals surface area contributed by atoms with Gasteiger partial charge in [0.25, 0.3) is 11.8 Å². The zero-order valence-electron chi connectivity index (χ0n) is 20.6. The molecular weight excluding hydrogens is 526 g/mol. The molecule has 3 N–H and O–H groups in total. The summed E-state index contributed by atoms with van der Waals surface area (Å²) in [5.74, 6) is -0.0337. The molecule has 3 aromatic carbocycles. The van der Waals surface area contributed by atoms with E-state index in [2.05, 4.69) is 16.0 Å². The number of hydrogen-bond donors (Lipinski definition) is 3. The summed E-state index contributed by atoms with van der Waals surface area (Å²) in [6.45, 7) is 6.12. The third kappa shape index (κ3) is 6.85. The molecule has 0 aliphatic rings. The molecule has 190 valence electrons. The van der Waals surface area contributed by atoms with Gasteiger partial charge in [0.15, 0.2) is 5.11 Å². The third-order valence-corrected chi connectivity index (χ3v) is 7.12. The average Bonchev–Trinajstić information content (AvgIpc) is 3.20. The van der Waals surface area contributed by atoms with Gasteiger partial charge in [0.05, 0.1) is 15.4 Å². The molecule has 0 fully saturated rings. The van der Waals surface area contributed by atoms with Gasteiger partial charge in [-0.05, 0) is 62.8 Å². The Morgan fingerprint density at radius 1 is 0.973 bits per heavy atom. The predicted octanol–water partition coefficient (Wildman–Crippen LogP) is 6.79. The molecule has 0 saturated heterocycles. The van der Waals surface area contributed by atoms with Crippen LogP contribution in [-0.2, 0) is 6.61 Å². The number of halogens is 1. The minimum atomic E-state index is -0.395. The minimum absolute atomic E-state index is 0.123. The topological polar surface area (TPSA) is 79.5 Å². The fraction of sp³-hybridized carbons (Fsp3) is 0.179. The molecule has 6 nitrogen and oxygen atoms in total. The fourth-order valence-corrected chi connectivity index (χ4v) is 5.20. The van der Waals surface area contributed by atoms with Crippen LogP contribution in [0.15, 0.2) is 72.8 Å². The lowest BCUT2D eigenvalue weighted by Gasteiger charge is -2.19. The molecule has 37 heavy (non-hydrogen) atoms. The van der Waals surface area contributed by atoms with Crippen molar-refractivity contribution in [1.82, 2.24) is 10.6 Å². The summed E-state index contributed by atoms with van der Waals surface area (Å²) in [5, 5.41) is 9.94. The lowest BCUT2D eigenvalue weighted by molar-refractivity contribution is 0.0922. The summed E-state index contributed by atoms with van der Waals surface area (Å²) >= 11 is 13.2. The summed E-state index contributed by atoms with van der Waals surface area (Å²) in [6.07, 6.45) is 0. The molecule has 4 aromatic rings. The Hall–Kier alpha value is -3.46. The molecule has 0 bridgehead atoms. The van der Waals surface area contributed by atoms with Crippen molar-refractivity contribution in [3.05, 3.63) is 93.8 Å². The number of benzene rings is 3. The van der Waals surface area contributed by atoms with Crippen molar-refractivity contribution in [2.75, 3.05) is 5.32 Å². The first kappa shape index (κ1) is 26.6. The molecule has 0 aliphatic heterocycles. The van der Waals surface area contributed by atoms with E-state index < -0.39 is 5.54 Å². The van der Waals surface area contributed by atoms with Crippen LogP contribution in [0.5, 0.6) is 5.75 Å². The fourth-order valence-electron chi connectivity index (χ4n) is 3.53. The monoisotopic (exact) mass is 551 g/mol. The van der Waals surface area contributed by atoms with E-state index in [-0.39, 0.29) is 16.9 Å². The minimum Gasteiger partial charge on any atom is -0.489 e.